The summed E-state index contributed by atoms with van der Waals surface area (Å²) in [5, 5.41) is 32.2. The van der Waals surface area contributed by atoms with Crippen LogP contribution < -0.4 is 27.4 Å². The molecule has 0 radical (unpaired) electrons. The van der Waals surface area contributed by atoms with Crippen LogP contribution in [0.15, 0.2) is 0 Å². The molecule has 2 amide bonds. The molecule has 0 saturated heterocycles. The second-order valence-electron chi connectivity index (χ2n) is 6.78. The lowest BCUT2D eigenvalue weighted by atomic mass is 10.0. The Morgan fingerprint density at radius 1 is 1.04 bits per heavy atom. The van der Waals surface area contributed by atoms with Crippen molar-refractivity contribution in [2.24, 2.45) is 17.4 Å². The second kappa shape index (κ2) is 12.5. The van der Waals surface area contributed by atoms with Crippen LogP contribution in [0.2, 0.25) is 0 Å². The van der Waals surface area contributed by atoms with Gasteiger partial charge in [-0.15, -0.1) is 0 Å². The minimum Gasteiger partial charge on any atom is -0.481 e. The van der Waals surface area contributed by atoms with Gasteiger partial charge in [-0.2, -0.15) is 0 Å². The minimum absolute atomic E-state index is 0.0158. The predicted molar refractivity (Wildman–Crippen MR) is 100 cm³/mol. The molecule has 0 aliphatic carbocycles. The van der Waals surface area contributed by atoms with Crippen molar-refractivity contribution in [2.75, 3.05) is 6.54 Å². The number of carboxylic acid groups (broad SMARTS) is 2. The number of guanidine groups is 1. The first kappa shape index (κ1) is 25.1. The number of carboxylic acids is 2. The van der Waals surface area contributed by atoms with Gasteiger partial charge in [0.1, 0.15) is 12.1 Å². The van der Waals surface area contributed by atoms with E-state index < -0.39 is 48.3 Å². The van der Waals surface area contributed by atoms with Crippen molar-refractivity contribution in [3.63, 3.8) is 0 Å². The summed E-state index contributed by atoms with van der Waals surface area (Å²) in [7, 11) is 0. The molecule has 0 rings (SSSR count). The lowest BCUT2D eigenvalue weighted by Crippen LogP contribution is -2.55. The normalized spacial score (nSPS) is 13.9. The molecule has 0 unspecified atom stereocenters. The SMILES string of the molecule is CC(C)C[C@H](N)C(=O)N[C@@H](CC(=O)O)C(=O)N[C@@H](CCCNC(=N)N)C(=O)O. The molecule has 0 aromatic heterocycles. The number of aliphatic carboxylic acids is 2. The van der Waals surface area contributed by atoms with E-state index in [1.54, 1.807) is 0 Å². The molecule has 12 heteroatoms. The van der Waals surface area contributed by atoms with E-state index in [1.165, 1.54) is 0 Å². The minimum atomic E-state index is -1.46. The average molecular weight is 402 g/mol. The second-order valence-corrected chi connectivity index (χ2v) is 6.78. The highest BCUT2D eigenvalue weighted by Crippen LogP contribution is 2.05. The van der Waals surface area contributed by atoms with Gasteiger partial charge < -0.3 is 37.6 Å². The Labute approximate surface area is 162 Å². The van der Waals surface area contributed by atoms with Crippen LogP contribution in [-0.4, -0.2) is 64.6 Å². The molecule has 28 heavy (non-hydrogen) atoms. The summed E-state index contributed by atoms with van der Waals surface area (Å²) in [5.74, 6) is -4.42. The van der Waals surface area contributed by atoms with Gasteiger partial charge in [-0.25, -0.2) is 4.79 Å². The molecule has 12 nitrogen and oxygen atoms in total. The van der Waals surface area contributed by atoms with Gasteiger partial charge in [-0.05, 0) is 25.2 Å². The molecule has 3 atom stereocenters. The zero-order valence-electron chi connectivity index (χ0n) is 16.0. The van der Waals surface area contributed by atoms with Gasteiger partial charge in [0.2, 0.25) is 11.8 Å². The highest BCUT2D eigenvalue weighted by molar-refractivity contribution is 5.93. The Bertz CT molecular complexity index is 582. The number of nitrogens with two attached hydrogens (primary N) is 2. The van der Waals surface area contributed by atoms with Crippen LogP contribution in [0.5, 0.6) is 0 Å². The van der Waals surface area contributed by atoms with E-state index in [0.717, 1.165) is 0 Å². The third-order valence-electron chi connectivity index (χ3n) is 3.67. The molecule has 0 aliphatic heterocycles. The summed E-state index contributed by atoms with van der Waals surface area (Å²) in [6.45, 7) is 3.94. The maximum Gasteiger partial charge on any atom is 0.326 e. The summed E-state index contributed by atoms with van der Waals surface area (Å²) in [6, 6.07) is -3.67. The maximum absolute atomic E-state index is 12.4. The first-order chi connectivity index (χ1) is 12.9. The number of carbonyl (C=O) groups is 4. The Kier molecular flexibility index (Phi) is 11.2. The number of rotatable bonds is 13. The molecule has 0 spiro atoms. The number of hydrogen-bond donors (Lipinski definition) is 8. The molecule has 0 saturated carbocycles. The molecule has 0 aromatic rings. The molecule has 0 bridgehead atoms. The van der Waals surface area contributed by atoms with Gasteiger partial charge >= 0.3 is 11.9 Å². The Hall–Kier alpha value is -2.89. The van der Waals surface area contributed by atoms with Gasteiger partial charge in [0.25, 0.3) is 0 Å². The van der Waals surface area contributed by atoms with Crippen molar-refractivity contribution in [1.29, 1.82) is 5.41 Å². The van der Waals surface area contributed by atoms with Gasteiger partial charge in [0, 0.05) is 6.54 Å². The molecular weight excluding hydrogens is 372 g/mol. The number of hydrogen-bond acceptors (Lipinski definition) is 6. The summed E-state index contributed by atoms with van der Waals surface area (Å²) in [4.78, 5) is 46.8. The third-order valence-corrected chi connectivity index (χ3v) is 3.67. The van der Waals surface area contributed by atoms with Crippen molar-refractivity contribution in [1.82, 2.24) is 16.0 Å². The van der Waals surface area contributed by atoms with Crippen LogP contribution in [0.1, 0.15) is 39.5 Å². The van der Waals surface area contributed by atoms with Crippen molar-refractivity contribution in [2.45, 2.75) is 57.7 Å². The fourth-order valence-electron chi connectivity index (χ4n) is 2.34. The van der Waals surface area contributed by atoms with E-state index in [1.807, 2.05) is 13.8 Å². The molecule has 0 aromatic carbocycles. The number of nitrogens with one attached hydrogen (secondary N) is 4. The first-order valence-electron chi connectivity index (χ1n) is 8.82. The number of carbonyl (C=O) groups excluding carboxylic acids is 2. The number of amides is 2. The molecular formula is C16H30N6O6. The predicted octanol–water partition coefficient (Wildman–Crippen LogP) is -1.85. The molecule has 0 fully saturated rings. The van der Waals surface area contributed by atoms with Crippen LogP contribution in [-0.2, 0) is 19.2 Å². The zero-order chi connectivity index (χ0) is 21.9. The summed E-state index contributed by atoms with van der Waals surface area (Å²) in [6.07, 6.45) is -0.0770. The average Bonchev–Trinajstić information content (AvgIpc) is 2.55. The van der Waals surface area contributed by atoms with Crippen molar-refractivity contribution in [3.8, 4) is 0 Å². The fraction of sp³-hybridized carbons (Fsp3) is 0.688. The summed E-state index contributed by atoms with van der Waals surface area (Å²) in [5.41, 5.74) is 10.8. The van der Waals surface area contributed by atoms with E-state index in [2.05, 4.69) is 16.0 Å². The van der Waals surface area contributed by atoms with Crippen molar-refractivity contribution >= 4 is 29.7 Å². The van der Waals surface area contributed by atoms with Crippen LogP contribution >= 0.6 is 0 Å². The lowest BCUT2D eigenvalue weighted by Gasteiger charge is -2.22. The Balaban J connectivity index is 4.95. The summed E-state index contributed by atoms with van der Waals surface area (Å²) >= 11 is 0. The Morgan fingerprint density at radius 3 is 2.07 bits per heavy atom. The third kappa shape index (κ3) is 11.0. The first-order valence-corrected chi connectivity index (χ1v) is 8.82. The highest BCUT2D eigenvalue weighted by atomic mass is 16.4. The van der Waals surface area contributed by atoms with Crippen LogP contribution in [0, 0.1) is 11.3 Å². The molecule has 10 N–H and O–H groups in total. The van der Waals surface area contributed by atoms with E-state index >= 15 is 0 Å². The van der Waals surface area contributed by atoms with Crippen LogP contribution in [0.3, 0.4) is 0 Å². The van der Waals surface area contributed by atoms with E-state index in [9.17, 15) is 24.3 Å². The topological polar surface area (TPSA) is 221 Å². The largest absolute Gasteiger partial charge is 0.481 e. The monoisotopic (exact) mass is 402 g/mol. The fourth-order valence-corrected chi connectivity index (χ4v) is 2.34. The summed E-state index contributed by atoms with van der Waals surface area (Å²) < 4.78 is 0. The van der Waals surface area contributed by atoms with Crippen molar-refractivity contribution in [3.05, 3.63) is 0 Å². The van der Waals surface area contributed by atoms with Gasteiger partial charge in [0.15, 0.2) is 5.96 Å². The van der Waals surface area contributed by atoms with Gasteiger partial charge in [-0.1, -0.05) is 13.8 Å². The maximum atomic E-state index is 12.4. The molecule has 0 heterocycles. The Morgan fingerprint density at radius 2 is 1.61 bits per heavy atom. The quantitative estimate of drug-likeness (QED) is 0.0982. The van der Waals surface area contributed by atoms with Gasteiger partial charge in [-0.3, -0.25) is 19.8 Å². The van der Waals surface area contributed by atoms with E-state index in [4.69, 9.17) is 22.0 Å². The standard InChI is InChI=1S/C16H30N6O6/c1-8(2)6-9(17)13(25)22-11(7-12(23)24)14(26)21-10(15(27)28)4-3-5-20-16(18)19/h8-11H,3-7,17H2,1-2H3,(H,21,26)(H,22,25)(H,23,24)(H,27,28)(H4,18,19,20)/t9-,10-,11-/m0/s1. The van der Waals surface area contributed by atoms with Crippen LogP contribution in [0.4, 0.5) is 0 Å². The highest BCUT2D eigenvalue weighted by Gasteiger charge is 2.29. The smallest absolute Gasteiger partial charge is 0.326 e. The van der Waals surface area contributed by atoms with E-state index in [0.29, 0.717) is 6.42 Å². The van der Waals surface area contributed by atoms with Gasteiger partial charge in [0.05, 0.1) is 12.5 Å². The zero-order valence-corrected chi connectivity index (χ0v) is 16.0. The van der Waals surface area contributed by atoms with Crippen LogP contribution in [0.25, 0.3) is 0 Å². The lowest BCUT2D eigenvalue weighted by molar-refractivity contribution is -0.143. The van der Waals surface area contributed by atoms with Crippen molar-refractivity contribution < 1.29 is 29.4 Å². The molecule has 0 aliphatic rings. The molecule has 160 valence electrons. The van der Waals surface area contributed by atoms with E-state index in [-0.39, 0.29) is 31.3 Å².